The lowest BCUT2D eigenvalue weighted by Crippen LogP contribution is -2.21. The van der Waals surface area contributed by atoms with Crippen molar-refractivity contribution in [3.05, 3.63) is 35.0 Å². The number of nitrogens with one attached hydrogen (secondary N) is 1. The molecule has 3 rings (SSSR count). The monoisotopic (exact) mass is 372 g/mol. The van der Waals surface area contributed by atoms with Crippen molar-refractivity contribution < 1.29 is 18.8 Å². The molecule has 0 aliphatic rings. The number of anilines is 1. The molecule has 0 bridgehead atoms. The van der Waals surface area contributed by atoms with Crippen LogP contribution in [0.1, 0.15) is 48.5 Å². The molecule has 3 heterocycles. The second kappa shape index (κ2) is 6.78. The number of aryl methyl sites for hydroxylation is 2. The third-order valence-corrected chi connectivity index (χ3v) is 3.68. The normalized spacial score (nSPS) is 11.6. The van der Waals surface area contributed by atoms with Crippen LogP contribution in [0, 0.1) is 13.8 Å². The summed E-state index contributed by atoms with van der Waals surface area (Å²) in [6.45, 7) is 9.04. The minimum Gasteiger partial charge on any atom is -0.450 e. The molecule has 0 radical (unpaired) electrons. The Bertz CT molecular complexity index is 1010. The Morgan fingerprint density at radius 1 is 1.22 bits per heavy atom. The van der Waals surface area contributed by atoms with Crippen molar-refractivity contribution in [3.63, 3.8) is 0 Å². The van der Waals surface area contributed by atoms with Gasteiger partial charge in [-0.2, -0.15) is 4.98 Å². The molecule has 27 heavy (non-hydrogen) atoms. The van der Waals surface area contributed by atoms with Gasteiger partial charge < -0.3 is 9.26 Å². The molecule has 0 unspecified atom stereocenters. The maximum Gasteiger partial charge on any atom is 0.378 e. The van der Waals surface area contributed by atoms with E-state index in [9.17, 15) is 9.59 Å². The minimum absolute atomic E-state index is 0.168. The maximum atomic E-state index is 12.1. The summed E-state index contributed by atoms with van der Waals surface area (Å²) >= 11 is 0. The number of carbonyl (C=O) groups excluding carboxylic acids is 2. The highest BCUT2D eigenvalue weighted by atomic mass is 16.5. The number of hydrogen-bond donors (Lipinski definition) is 1. The van der Waals surface area contributed by atoms with Crippen LogP contribution in [0.5, 0.6) is 0 Å². The van der Waals surface area contributed by atoms with E-state index in [1.807, 2.05) is 40.7 Å². The van der Waals surface area contributed by atoms with Gasteiger partial charge in [0.1, 0.15) is 0 Å². The lowest BCUT2D eigenvalue weighted by Gasteiger charge is -2.12. The van der Waals surface area contributed by atoms with Crippen LogP contribution in [0.3, 0.4) is 0 Å². The van der Waals surface area contributed by atoms with Crippen LogP contribution < -0.4 is 5.32 Å². The second-order valence-electron chi connectivity index (χ2n) is 7.14. The van der Waals surface area contributed by atoms with E-state index >= 15 is 0 Å². The first-order valence-corrected chi connectivity index (χ1v) is 8.28. The van der Waals surface area contributed by atoms with Gasteiger partial charge in [-0.1, -0.05) is 25.9 Å². The lowest BCUT2D eigenvalue weighted by molar-refractivity contribution is -0.119. The number of aromatic nitrogens is 5. The Labute approximate surface area is 154 Å². The van der Waals surface area contributed by atoms with E-state index in [1.165, 1.54) is 4.52 Å². The summed E-state index contributed by atoms with van der Waals surface area (Å²) in [7, 11) is 0. The Hall–Kier alpha value is -3.30. The molecular formula is C17H20N6O4. The Kier molecular flexibility index (Phi) is 4.64. The number of rotatable bonds is 4. The first kappa shape index (κ1) is 18.5. The molecule has 1 amide bonds. The van der Waals surface area contributed by atoms with Gasteiger partial charge in [-0.25, -0.2) is 14.3 Å². The molecule has 0 atom stereocenters. The quantitative estimate of drug-likeness (QED) is 0.688. The number of esters is 1. The van der Waals surface area contributed by atoms with Crippen LogP contribution in [0.2, 0.25) is 0 Å². The van der Waals surface area contributed by atoms with Crippen LogP contribution in [0.15, 0.2) is 16.7 Å². The molecule has 0 aliphatic carbocycles. The van der Waals surface area contributed by atoms with Crippen LogP contribution in [-0.2, 0) is 14.9 Å². The van der Waals surface area contributed by atoms with E-state index in [-0.39, 0.29) is 17.1 Å². The SMILES string of the molecule is Cc1cc(C)n2nc(C(=O)OCC(=O)Nc3cc(C(C)(C)C)no3)nc2n1. The predicted molar refractivity (Wildman–Crippen MR) is 94.4 cm³/mol. The highest BCUT2D eigenvalue weighted by Gasteiger charge is 2.21. The van der Waals surface area contributed by atoms with Crippen molar-refractivity contribution in [2.24, 2.45) is 0 Å². The van der Waals surface area contributed by atoms with E-state index in [1.54, 1.807) is 6.07 Å². The smallest absolute Gasteiger partial charge is 0.378 e. The molecule has 0 aromatic carbocycles. The average Bonchev–Trinajstić information content (AvgIpc) is 3.19. The molecule has 3 aromatic heterocycles. The second-order valence-corrected chi connectivity index (χ2v) is 7.14. The number of hydrogen-bond acceptors (Lipinski definition) is 8. The fraction of sp³-hybridized carbons (Fsp3) is 0.412. The average molecular weight is 372 g/mol. The van der Waals surface area contributed by atoms with E-state index in [0.717, 1.165) is 11.4 Å². The van der Waals surface area contributed by atoms with Crippen molar-refractivity contribution in [1.82, 2.24) is 24.7 Å². The summed E-state index contributed by atoms with van der Waals surface area (Å²) in [5, 5.41) is 10.4. The Morgan fingerprint density at radius 2 is 1.96 bits per heavy atom. The number of nitrogens with zero attached hydrogens (tertiary/aromatic N) is 5. The van der Waals surface area contributed by atoms with Gasteiger partial charge in [0.05, 0.1) is 5.69 Å². The summed E-state index contributed by atoms with van der Waals surface area (Å²) in [5.74, 6) is -1.07. The van der Waals surface area contributed by atoms with Crippen molar-refractivity contribution in [3.8, 4) is 0 Å². The first-order valence-electron chi connectivity index (χ1n) is 8.28. The predicted octanol–water partition coefficient (Wildman–Crippen LogP) is 1.82. The summed E-state index contributed by atoms with van der Waals surface area (Å²) in [6.07, 6.45) is 0. The zero-order valence-electron chi connectivity index (χ0n) is 15.7. The lowest BCUT2D eigenvalue weighted by atomic mass is 9.92. The topological polar surface area (TPSA) is 125 Å². The standard InChI is InChI=1S/C17H20N6O4/c1-9-6-10(2)23-16(18-9)20-14(21-23)15(25)26-8-12(24)19-13-7-11(22-27-13)17(3,4)5/h6-7H,8H2,1-5H3,(H,19,24). The molecule has 0 aliphatic heterocycles. The molecule has 0 saturated heterocycles. The first-order chi connectivity index (χ1) is 12.6. The maximum absolute atomic E-state index is 12.1. The van der Waals surface area contributed by atoms with Gasteiger partial charge in [0.2, 0.25) is 5.88 Å². The fourth-order valence-electron chi connectivity index (χ4n) is 2.31. The molecule has 0 spiro atoms. The van der Waals surface area contributed by atoms with E-state index < -0.39 is 18.5 Å². The van der Waals surface area contributed by atoms with Crippen molar-refractivity contribution in [2.75, 3.05) is 11.9 Å². The van der Waals surface area contributed by atoms with Gasteiger partial charge in [-0.3, -0.25) is 10.1 Å². The summed E-state index contributed by atoms with van der Waals surface area (Å²) in [4.78, 5) is 32.3. The number of ether oxygens (including phenoxy) is 1. The zero-order chi connectivity index (χ0) is 19.8. The van der Waals surface area contributed by atoms with Crippen LogP contribution in [0.25, 0.3) is 5.78 Å². The zero-order valence-corrected chi connectivity index (χ0v) is 15.7. The van der Waals surface area contributed by atoms with Gasteiger partial charge >= 0.3 is 5.97 Å². The third-order valence-electron chi connectivity index (χ3n) is 3.68. The molecule has 142 valence electrons. The molecule has 10 heteroatoms. The molecule has 1 N–H and O–H groups in total. The van der Waals surface area contributed by atoms with Crippen LogP contribution in [-0.4, -0.2) is 43.2 Å². The van der Waals surface area contributed by atoms with Crippen molar-refractivity contribution >= 4 is 23.5 Å². The van der Waals surface area contributed by atoms with E-state index in [4.69, 9.17) is 9.26 Å². The third kappa shape index (κ3) is 4.10. The Balaban J connectivity index is 1.61. The van der Waals surface area contributed by atoms with Crippen LogP contribution in [0.4, 0.5) is 5.88 Å². The minimum atomic E-state index is -0.819. The van der Waals surface area contributed by atoms with Crippen molar-refractivity contribution in [2.45, 2.75) is 40.0 Å². The Morgan fingerprint density at radius 3 is 2.63 bits per heavy atom. The van der Waals surface area contributed by atoms with Gasteiger partial charge in [0, 0.05) is 22.9 Å². The van der Waals surface area contributed by atoms with Crippen LogP contribution >= 0.6 is 0 Å². The van der Waals surface area contributed by atoms with E-state index in [0.29, 0.717) is 11.5 Å². The van der Waals surface area contributed by atoms with Gasteiger partial charge in [-0.15, -0.1) is 5.10 Å². The summed E-state index contributed by atoms with van der Waals surface area (Å²) in [6, 6.07) is 3.44. The molecule has 0 fully saturated rings. The highest BCUT2D eigenvalue weighted by Crippen LogP contribution is 2.23. The molecule has 3 aromatic rings. The summed E-state index contributed by atoms with van der Waals surface area (Å²) < 4.78 is 11.5. The summed E-state index contributed by atoms with van der Waals surface area (Å²) in [5.41, 5.74) is 2.02. The molecular weight excluding hydrogens is 352 g/mol. The number of amides is 1. The van der Waals surface area contributed by atoms with Gasteiger partial charge in [0.15, 0.2) is 6.61 Å². The molecule has 0 saturated carbocycles. The largest absolute Gasteiger partial charge is 0.450 e. The molecule has 10 nitrogen and oxygen atoms in total. The van der Waals surface area contributed by atoms with Gasteiger partial charge in [-0.05, 0) is 19.9 Å². The van der Waals surface area contributed by atoms with E-state index in [2.05, 4.69) is 25.5 Å². The highest BCUT2D eigenvalue weighted by molar-refractivity contribution is 5.93. The fourth-order valence-corrected chi connectivity index (χ4v) is 2.31. The number of fused-ring (bicyclic) bond motifs is 1. The van der Waals surface area contributed by atoms with Crippen molar-refractivity contribution in [1.29, 1.82) is 0 Å². The van der Waals surface area contributed by atoms with Gasteiger partial charge in [0.25, 0.3) is 17.5 Å². The number of carbonyl (C=O) groups is 2.